The van der Waals surface area contributed by atoms with Gasteiger partial charge in [0.1, 0.15) is 6.61 Å². The molecule has 2 aliphatic heterocycles. The normalized spacial score (nSPS) is 21.8. The summed E-state index contributed by atoms with van der Waals surface area (Å²) in [5, 5.41) is 9.01. The summed E-state index contributed by atoms with van der Waals surface area (Å²) in [6, 6.07) is 10.3. The van der Waals surface area contributed by atoms with E-state index in [-0.39, 0.29) is 17.9 Å². The van der Waals surface area contributed by atoms with E-state index in [0.29, 0.717) is 24.3 Å². The molecule has 0 radical (unpaired) electrons. The number of amides is 2. The Morgan fingerprint density at radius 2 is 1.72 bits per heavy atom. The Morgan fingerprint density at radius 3 is 2.26 bits per heavy atom. The molecule has 2 unspecified atom stereocenters. The fourth-order valence-electron chi connectivity index (χ4n) is 5.28. The fourth-order valence-corrected chi connectivity index (χ4v) is 5.28. The van der Waals surface area contributed by atoms with Crippen molar-refractivity contribution in [3.05, 3.63) is 47.7 Å². The SMILES string of the molecule is CC.COC1=CCC(C)C[C@@H]1C.COCC(=O)NCCC(C)c1ccccc1.O=C1NCCC12CCNCC2. The molecule has 2 saturated heterocycles. The highest BCUT2D eigenvalue weighted by molar-refractivity contribution is 5.84. The molecule has 3 aliphatic rings. The molecule has 1 aliphatic carbocycles. The van der Waals surface area contributed by atoms with Crippen molar-refractivity contribution in [2.75, 3.05) is 47.0 Å². The number of hydrogen-bond donors (Lipinski definition) is 3. The molecule has 2 fully saturated rings. The molecule has 3 atom stereocenters. The second-order valence-electron chi connectivity index (χ2n) is 10.7. The van der Waals surface area contributed by atoms with Gasteiger partial charge in [0.2, 0.25) is 11.8 Å². The van der Waals surface area contributed by atoms with E-state index in [4.69, 9.17) is 9.47 Å². The third-order valence-electron chi connectivity index (χ3n) is 7.67. The average molecular weight is 546 g/mol. The van der Waals surface area contributed by atoms with E-state index in [1.54, 1.807) is 7.11 Å². The van der Waals surface area contributed by atoms with Crippen molar-refractivity contribution in [1.29, 1.82) is 0 Å². The minimum absolute atomic E-state index is 0.0191. The molecule has 2 amide bonds. The smallest absolute Gasteiger partial charge is 0.245 e. The van der Waals surface area contributed by atoms with Crippen LogP contribution < -0.4 is 16.0 Å². The van der Waals surface area contributed by atoms with Gasteiger partial charge in [0.25, 0.3) is 0 Å². The Balaban J connectivity index is 0.000000292. The largest absolute Gasteiger partial charge is 0.501 e. The van der Waals surface area contributed by atoms with Crippen molar-refractivity contribution in [2.45, 2.75) is 79.1 Å². The zero-order chi connectivity index (χ0) is 29.1. The lowest BCUT2D eigenvalue weighted by Crippen LogP contribution is -2.41. The summed E-state index contributed by atoms with van der Waals surface area (Å²) < 4.78 is 9.95. The van der Waals surface area contributed by atoms with Gasteiger partial charge in [0, 0.05) is 26.1 Å². The highest BCUT2D eigenvalue weighted by Gasteiger charge is 2.42. The minimum Gasteiger partial charge on any atom is -0.501 e. The first kappa shape index (κ1) is 34.6. The van der Waals surface area contributed by atoms with Gasteiger partial charge >= 0.3 is 0 Å². The van der Waals surface area contributed by atoms with Gasteiger partial charge in [0.05, 0.1) is 18.3 Å². The molecular formula is C32H55N3O4. The maximum Gasteiger partial charge on any atom is 0.245 e. The van der Waals surface area contributed by atoms with E-state index in [0.717, 1.165) is 51.2 Å². The highest BCUT2D eigenvalue weighted by Crippen LogP contribution is 2.35. The van der Waals surface area contributed by atoms with E-state index < -0.39 is 0 Å². The van der Waals surface area contributed by atoms with Crippen LogP contribution in [0.25, 0.3) is 0 Å². The van der Waals surface area contributed by atoms with Crippen molar-refractivity contribution >= 4 is 11.8 Å². The second-order valence-corrected chi connectivity index (χ2v) is 10.7. The van der Waals surface area contributed by atoms with Crippen LogP contribution in [0.3, 0.4) is 0 Å². The van der Waals surface area contributed by atoms with Crippen LogP contribution in [0.15, 0.2) is 42.2 Å². The molecule has 0 bridgehead atoms. The number of nitrogens with one attached hydrogen (secondary N) is 3. The van der Waals surface area contributed by atoms with Crippen molar-refractivity contribution in [3.8, 4) is 0 Å². The van der Waals surface area contributed by atoms with Crippen LogP contribution in [-0.2, 0) is 19.1 Å². The summed E-state index contributed by atoms with van der Waals surface area (Å²) in [5.74, 6) is 3.35. The first-order valence-corrected chi connectivity index (χ1v) is 14.8. The molecule has 39 heavy (non-hydrogen) atoms. The van der Waals surface area contributed by atoms with Gasteiger partial charge in [-0.3, -0.25) is 9.59 Å². The van der Waals surface area contributed by atoms with E-state index >= 15 is 0 Å². The predicted octanol–water partition coefficient (Wildman–Crippen LogP) is 5.43. The lowest BCUT2D eigenvalue weighted by Gasteiger charge is -2.30. The summed E-state index contributed by atoms with van der Waals surface area (Å²) in [7, 11) is 3.28. The Morgan fingerprint density at radius 1 is 1.08 bits per heavy atom. The van der Waals surface area contributed by atoms with E-state index in [1.165, 1.54) is 31.3 Å². The summed E-state index contributed by atoms with van der Waals surface area (Å²) in [6.45, 7) is 14.4. The third-order valence-corrected chi connectivity index (χ3v) is 7.67. The Kier molecular flexibility index (Phi) is 17.5. The standard InChI is InChI=1S/C13H19NO2.C9H16O.C8H14N2O.C2H6/c1-11(12-6-4-3-5-7-12)8-9-14-13(15)10-16-2;1-7-4-5-9(10-3)8(2)6-7;11-7-8(3-6-10-7)1-4-9-5-2-8;1-2/h3-7,11H,8-10H2,1-2H3,(H,14,15);5,7-8H,4,6H2,1-3H3;9H,1-6H2,(H,10,11);1-2H3/t;7?,8-;;/m.0../s1. The van der Waals surface area contributed by atoms with E-state index in [1.807, 2.05) is 32.0 Å². The number of methoxy groups -OCH3 is 2. The van der Waals surface area contributed by atoms with E-state index in [2.05, 4.69) is 54.9 Å². The van der Waals surface area contributed by atoms with Crippen LogP contribution in [0.1, 0.15) is 84.6 Å². The summed E-state index contributed by atoms with van der Waals surface area (Å²) in [5.41, 5.74) is 1.33. The van der Waals surface area contributed by atoms with Gasteiger partial charge in [-0.2, -0.15) is 0 Å². The van der Waals surface area contributed by atoms with Gasteiger partial charge in [-0.05, 0) is 75.1 Å². The third kappa shape index (κ3) is 12.6. The topological polar surface area (TPSA) is 88.7 Å². The summed E-state index contributed by atoms with van der Waals surface area (Å²) >= 11 is 0. The first-order chi connectivity index (χ1) is 18.8. The predicted molar refractivity (Wildman–Crippen MR) is 161 cm³/mol. The van der Waals surface area contributed by atoms with Crippen molar-refractivity contribution in [3.63, 3.8) is 0 Å². The van der Waals surface area contributed by atoms with Crippen LogP contribution in [0.4, 0.5) is 0 Å². The zero-order valence-electron chi connectivity index (χ0n) is 25.6. The number of piperidine rings is 1. The van der Waals surface area contributed by atoms with Gasteiger partial charge in [-0.15, -0.1) is 0 Å². The number of rotatable bonds is 7. The summed E-state index contributed by atoms with van der Waals surface area (Å²) in [4.78, 5) is 22.5. The fraction of sp³-hybridized carbons (Fsp3) is 0.688. The van der Waals surface area contributed by atoms with Crippen LogP contribution in [0.2, 0.25) is 0 Å². The lowest BCUT2D eigenvalue weighted by molar-refractivity contribution is -0.128. The average Bonchev–Trinajstić information content (AvgIpc) is 3.30. The maximum atomic E-state index is 11.4. The molecule has 7 nitrogen and oxygen atoms in total. The van der Waals surface area contributed by atoms with Crippen LogP contribution in [-0.4, -0.2) is 58.8 Å². The molecular weight excluding hydrogens is 490 g/mol. The van der Waals surface area contributed by atoms with Crippen LogP contribution in [0, 0.1) is 17.3 Å². The molecule has 1 aromatic carbocycles. The quantitative estimate of drug-likeness (QED) is 0.425. The van der Waals surface area contributed by atoms with Crippen molar-refractivity contribution < 1.29 is 19.1 Å². The minimum atomic E-state index is -0.0530. The molecule has 0 saturated carbocycles. The number of allylic oxidation sites excluding steroid dienone is 2. The second kappa shape index (κ2) is 19.6. The van der Waals surface area contributed by atoms with Gasteiger partial charge in [-0.1, -0.05) is 65.0 Å². The molecule has 3 N–H and O–H groups in total. The molecule has 2 heterocycles. The van der Waals surface area contributed by atoms with E-state index in [9.17, 15) is 9.59 Å². The van der Waals surface area contributed by atoms with Gasteiger partial charge < -0.3 is 25.4 Å². The molecule has 1 aromatic rings. The molecule has 7 heteroatoms. The van der Waals surface area contributed by atoms with Gasteiger partial charge in [-0.25, -0.2) is 0 Å². The Hall–Kier alpha value is -2.38. The zero-order valence-corrected chi connectivity index (χ0v) is 25.6. The Labute approximate surface area is 237 Å². The highest BCUT2D eigenvalue weighted by atomic mass is 16.5. The Bertz CT molecular complexity index is 837. The van der Waals surface area contributed by atoms with Gasteiger partial charge in [0.15, 0.2) is 0 Å². The van der Waals surface area contributed by atoms with Crippen molar-refractivity contribution in [1.82, 2.24) is 16.0 Å². The number of carbonyl (C=O) groups excluding carboxylic acids is 2. The van der Waals surface area contributed by atoms with Crippen molar-refractivity contribution in [2.24, 2.45) is 17.3 Å². The van der Waals surface area contributed by atoms with Crippen LogP contribution >= 0.6 is 0 Å². The lowest BCUT2D eigenvalue weighted by atomic mass is 9.78. The van der Waals surface area contributed by atoms with Crippen LogP contribution in [0.5, 0.6) is 0 Å². The molecule has 0 aromatic heterocycles. The maximum absolute atomic E-state index is 11.4. The number of ether oxygens (including phenoxy) is 2. The molecule has 222 valence electrons. The number of hydrogen-bond acceptors (Lipinski definition) is 5. The number of benzene rings is 1. The molecule has 1 spiro atoms. The first-order valence-electron chi connectivity index (χ1n) is 14.8. The summed E-state index contributed by atoms with van der Waals surface area (Å²) in [6.07, 6.45) is 8.73. The monoisotopic (exact) mass is 545 g/mol. The molecule has 4 rings (SSSR count). The number of carbonyl (C=O) groups is 2.